The summed E-state index contributed by atoms with van der Waals surface area (Å²) in [7, 11) is 0. The average molecular weight is 390 g/mol. The van der Waals surface area contributed by atoms with Crippen LogP contribution in [0.4, 0.5) is 11.5 Å². The minimum Gasteiger partial charge on any atom is -0.480 e. The zero-order valence-corrected chi connectivity index (χ0v) is 16.0. The van der Waals surface area contributed by atoms with Gasteiger partial charge in [0.15, 0.2) is 11.7 Å². The van der Waals surface area contributed by atoms with E-state index in [1.807, 2.05) is 13.8 Å². The smallest absolute Gasteiger partial charge is 0.325 e. The maximum atomic E-state index is 10.9. The first-order valence-electron chi connectivity index (χ1n) is 9.21. The second-order valence-corrected chi connectivity index (χ2v) is 7.09. The molecule has 0 unspecified atom stereocenters. The summed E-state index contributed by atoms with van der Waals surface area (Å²) in [5, 5.41) is 13.1. The van der Waals surface area contributed by atoms with Crippen LogP contribution in [0.3, 0.4) is 0 Å². The zero-order chi connectivity index (χ0) is 20.1. The van der Waals surface area contributed by atoms with Crippen LogP contribution in [-0.4, -0.2) is 49.8 Å². The second-order valence-electron chi connectivity index (χ2n) is 7.09. The number of nitrogens with zero attached hydrogens (tertiary/aromatic N) is 6. The number of aliphatic imine (C=N–C) groups is 1. The van der Waals surface area contributed by atoms with Gasteiger partial charge in [-0.1, -0.05) is 0 Å². The Hall–Kier alpha value is -3.75. The summed E-state index contributed by atoms with van der Waals surface area (Å²) in [6.07, 6.45) is 4.93. The van der Waals surface area contributed by atoms with Crippen molar-refractivity contribution < 1.29 is 14.6 Å². The Kier molecular flexibility index (Phi) is 3.83. The van der Waals surface area contributed by atoms with E-state index in [0.717, 1.165) is 39.3 Å². The maximum Gasteiger partial charge on any atom is 0.325 e. The van der Waals surface area contributed by atoms with Gasteiger partial charge in [0.1, 0.15) is 25.0 Å². The van der Waals surface area contributed by atoms with Crippen molar-refractivity contribution in [2.45, 2.75) is 20.4 Å². The molecule has 5 rings (SSSR count). The summed E-state index contributed by atoms with van der Waals surface area (Å²) in [6, 6.07) is 4.21. The van der Waals surface area contributed by atoms with E-state index < -0.39 is 5.97 Å². The Labute approximate surface area is 166 Å². The summed E-state index contributed by atoms with van der Waals surface area (Å²) in [5.74, 6) is 1.15. The van der Waals surface area contributed by atoms with Gasteiger partial charge in [-0.3, -0.25) is 9.48 Å². The van der Waals surface area contributed by atoms with E-state index in [1.54, 1.807) is 12.4 Å². The highest BCUT2D eigenvalue weighted by Crippen LogP contribution is 2.39. The highest BCUT2D eigenvalue weighted by Gasteiger charge is 2.34. The van der Waals surface area contributed by atoms with Crippen molar-refractivity contribution in [3.63, 3.8) is 0 Å². The fraction of sp³-hybridized carbons (Fsp3) is 0.250. The van der Waals surface area contributed by atoms with Crippen LogP contribution >= 0.6 is 0 Å². The van der Waals surface area contributed by atoms with Crippen molar-refractivity contribution in [3.8, 4) is 17.0 Å². The molecule has 3 aromatic rings. The van der Waals surface area contributed by atoms with Gasteiger partial charge in [0.25, 0.3) is 0 Å². The van der Waals surface area contributed by atoms with E-state index in [1.165, 1.54) is 11.0 Å². The Bertz CT molecular complexity index is 1160. The fourth-order valence-electron chi connectivity index (χ4n) is 3.91. The molecule has 4 heterocycles. The molecule has 0 fully saturated rings. The molecular formula is C20H18N6O3. The maximum absolute atomic E-state index is 10.9. The lowest BCUT2D eigenvalue weighted by molar-refractivity contribution is -0.137. The van der Waals surface area contributed by atoms with Crippen molar-refractivity contribution in [1.82, 2.24) is 19.7 Å². The molecule has 9 nitrogen and oxygen atoms in total. The standard InChI is InChI=1S/C20H18N6O3/c1-11-5-14(6-12(2)16(11)13-7-23-25(8-13)9-15(27)28)26-3-4-29-20-17-18(21-10-22-20)24-19(17)26/h5-8,10H,3-4,9H2,1-2H3,(H,27,28). The molecule has 29 heavy (non-hydrogen) atoms. The molecular weight excluding hydrogens is 372 g/mol. The SMILES string of the molecule is Cc1cc(N2CCOc3ncnc4c3C2=N4)cc(C)c1-c1cnn(CC(=O)O)c1. The highest BCUT2D eigenvalue weighted by molar-refractivity contribution is 6.20. The van der Waals surface area contributed by atoms with E-state index >= 15 is 0 Å². The molecule has 0 spiro atoms. The Morgan fingerprint density at radius 3 is 2.76 bits per heavy atom. The molecule has 0 bridgehead atoms. The lowest BCUT2D eigenvalue weighted by Crippen LogP contribution is -2.35. The van der Waals surface area contributed by atoms with Crippen LogP contribution in [0.2, 0.25) is 0 Å². The lowest BCUT2D eigenvalue weighted by Gasteiger charge is -2.29. The number of aromatic nitrogens is 4. The molecule has 9 heteroatoms. The summed E-state index contributed by atoms with van der Waals surface area (Å²) in [5.41, 5.74) is 5.98. The Morgan fingerprint density at radius 2 is 2.00 bits per heavy atom. The predicted molar refractivity (Wildman–Crippen MR) is 106 cm³/mol. The predicted octanol–water partition coefficient (Wildman–Crippen LogP) is 2.33. The first-order chi connectivity index (χ1) is 14.0. The number of carboxylic acids is 1. The van der Waals surface area contributed by atoms with E-state index in [4.69, 9.17) is 9.84 Å². The highest BCUT2D eigenvalue weighted by atomic mass is 16.5. The number of hydrogen-bond donors (Lipinski definition) is 1. The average Bonchev–Trinajstić information content (AvgIpc) is 2.99. The molecule has 0 radical (unpaired) electrons. The van der Waals surface area contributed by atoms with E-state index in [-0.39, 0.29) is 6.54 Å². The van der Waals surface area contributed by atoms with Crippen molar-refractivity contribution >= 4 is 23.3 Å². The van der Waals surface area contributed by atoms with E-state index in [0.29, 0.717) is 24.8 Å². The van der Waals surface area contributed by atoms with Crippen LogP contribution in [0.15, 0.2) is 35.8 Å². The lowest BCUT2D eigenvalue weighted by atomic mass is 9.96. The fourth-order valence-corrected chi connectivity index (χ4v) is 3.91. The number of carbonyl (C=O) groups is 1. The zero-order valence-electron chi connectivity index (χ0n) is 16.0. The first-order valence-corrected chi connectivity index (χ1v) is 9.21. The minimum atomic E-state index is -0.920. The van der Waals surface area contributed by atoms with Gasteiger partial charge in [-0.15, -0.1) is 0 Å². The number of benzene rings is 1. The van der Waals surface area contributed by atoms with E-state index in [2.05, 4.69) is 37.1 Å². The molecule has 1 aromatic carbocycles. The topological polar surface area (TPSA) is 106 Å². The van der Waals surface area contributed by atoms with Gasteiger partial charge < -0.3 is 14.7 Å². The molecule has 1 N–H and O–H groups in total. The van der Waals surface area contributed by atoms with Gasteiger partial charge in [-0.2, -0.15) is 5.10 Å². The van der Waals surface area contributed by atoms with Crippen LogP contribution in [0.1, 0.15) is 16.7 Å². The van der Waals surface area contributed by atoms with Crippen LogP contribution < -0.4 is 9.64 Å². The number of aliphatic carboxylic acids is 1. The number of aryl methyl sites for hydroxylation is 2. The second kappa shape index (κ2) is 6.40. The van der Waals surface area contributed by atoms with Crippen molar-refractivity contribution in [2.24, 2.45) is 4.99 Å². The quantitative estimate of drug-likeness (QED) is 0.729. The van der Waals surface area contributed by atoms with E-state index in [9.17, 15) is 4.79 Å². The summed E-state index contributed by atoms with van der Waals surface area (Å²) in [6.45, 7) is 5.08. The van der Waals surface area contributed by atoms with Gasteiger partial charge in [0, 0.05) is 17.4 Å². The van der Waals surface area contributed by atoms with Crippen LogP contribution in [0.5, 0.6) is 5.88 Å². The normalized spacial score (nSPS) is 14.4. The number of hydrogen-bond acceptors (Lipinski definition) is 7. The minimum absolute atomic E-state index is 0.159. The summed E-state index contributed by atoms with van der Waals surface area (Å²) < 4.78 is 7.20. The largest absolute Gasteiger partial charge is 0.480 e. The summed E-state index contributed by atoms with van der Waals surface area (Å²) >= 11 is 0. The monoisotopic (exact) mass is 390 g/mol. The molecule has 0 saturated carbocycles. The van der Waals surface area contributed by atoms with Crippen LogP contribution in [0, 0.1) is 13.8 Å². The number of rotatable bonds is 4. The Balaban J connectivity index is 1.51. The third-order valence-electron chi connectivity index (χ3n) is 5.09. The van der Waals surface area contributed by atoms with Crippen molar-refractivity contribution in [1.29, 1.82) is 0 Å². The van der Waals surface area contributed by atoms with Crippen LogP contribution in [0.25, 0.3) is 11.1 Å². The number of carboxylic acid groups (broad SMARTS) is 1. The van der Waals surface area contributed by atoms with Crippen molar-refractivity contribution in [3.05, 3.63) is 47.5 Å². The number of amidine groups is 1. The first kappa shape index (κ1) is 17.4. The van der Waals surface area contributed by atoms with Gasteiger partial charge in [0.2, 0.25) is 5.88 Å². The Morgan fingerprint density at radius 1 is 1.21 bits per heavy atom. The third kappa shape index (κ3) is 2.82. The molecule has 0 atom stereocenters. The summed E-state index contributed by atoms with van der Waals surface area (Å²) in [4.78, 5) is 26.0. The van der Waals surface area contributed by atoms with Crippen molar-refractivity contribution in [2.75, 3.05) is 18.1 Å². The molecule has 0 saturated heterocycles. The van der Waals surface area contributed by atoms with Gasteiger partial charge >= 0.3 is 5.97 Å². The molecule has 2 aromatic heterocycles. The van der Waals surface area contributed by atoms with Gasteiger partial charge in [-0.05, 0) is 42.7 Å². The number of ether oxygens (including phenoxy) is 1. The number of anilines is 1. The van der Waals surface area contributed by atoms with Crippen LogP contribution in [-0.2, 0) is 11.3 Å². The molecule has 0 aliphatic carbocycles. The third-order valence-corrected chi connectivity index (χ3v) is 5.09. The van der Waals surface area contributed by atoms with Gasteiger partial charge in [0.05, 0.1) is 12.7 Å². The molecule has 2 aliphatic rings. The van der Waals surface area contributed by atoms with Gasteiger partial charge in [-0.25, -0.2) is 15.0 Å². The molecule has 0 amide bonds. The molecule has 146 valence electrons. The molecule has 2 aliphatic heterocycles.